The van der Waals surface area contributed by atoms with Gasteiger partial charge in [0.25, 0.3) is 0 Å². The monoisotopic (exact) mass is 332 g/mol. The molecule has 1 aromatic carbocycles. The van der Waals surface area contributed by atoms with Crippen LogP contribution in [-0.4, -0.2) is 34.4 Å². The van der Waals surface area contributed by atoms with Crippen molar-refractivity contribution in [1.29, 1.82) is 0 Å². The number of aromatic nitrogens is 2. The van der Waals surface area contributed by atoms with Crippen LogP contribution in [0.2, 0.25) is 0 Å². The first kappa shape index (κ1) is 17.9. The van der Waals surface area contributed by atoms with Crippen LogP contribution in [0.3, 0.4) is 0 Å². The molecule has 7 heteroatoms. The van der Waals surface area contributed by atoms with E-state index in [1.165, 1.54) is 0 Å². The summed E-state index contributed by atoms with van der Waals surface area (Å²) in [4.78, 5) is 16.2. The SMILES string of the molecule is CC(CCO)CNC(=O)NC(C)c1nc(Cc2ccccc2)no1. The highest BCUT2D eigenvalue weighted by atomic mass is 16.5. The minimum atomic E-state index is -0.379. The lowest BCUT2D eigenvalue weighted by molar-refractivity contribution is 0.228. The van der Waals surface area contributed by atoms with Gasteiger partial charge in [-0.1, -0.05) is 42.4 Å². The van der Waals surface area contributed by atoms with Crippen molar-refractivity contribution >= 4 is 6.03 Å². The maximum atomic E-state index is 11.9. The van der Waals surface area contributed by atoms with E-state index >= 15 is 0 Å². The molecule has 0 bridgehead atoms. The van der Waals surface area contributed by atoms with Crippen molar-refractivity contribution in [3.63, 3.8) is 0 Å². The Morgan fingerprint density at radius 2 is 2.04 bits per heavy atom. The van der Waals surface area contributed by atoms with Gasteiger partial charge >= 0.3 is 6.03 Å². The van der Waals surface area contributed by atoms with Crippen molar-refractivity contribution in [3.05, 3.63) is 47.6 Å². The predicted octanol–water partition coefficient (Wildman–Crippen LogP) is 2.04. The molecule has 2 atom stereocenters. The third-order valence-corrected chi connectivity index (χ3v) is 3.64. The van der Waals surface area contributed by atoms with Crippen LogP contribution in [0.15, 0.2) is 34.9 Å². The molecule has 2 unspecified atom stereocenters. The highest BCUT2D eigenvalue weighted by Gasteiger charge is 2.17. The Hall–Kier alpha value is -2.41. The number of benzene rings is 1. The first-order valence-electron chi connectivity index (χ1n) is 8.10. The molecule has 2 amide bonds. The van der Waals surface area contributed by atoms with E-state index in [0.717, 1.165) is 5.56 Å². The molecule has 7 nitrogen and oxygen atoms in total. The standard InChI is InChI=1S/C17H24N4O3/c1-12(8-9-22)11-18-17(23)19-13(2)16-20-15(21-24-16)10-14-6-4-3-5-7-14/h3-7,12-13,22H,8-11H2,1-2H3,(H2,18,19,23). The molecular formula is C17H24N4O3. The van der Waals surface area contributed by atoms with Crippen molar-refractivity contribution in [2.45, 2.75) is 32.7 Å². The molecule has 0 aliphatic carbocycles. The predicted molar refractivity (Wildman–Crippen MR) is 89.4 cm³/mol. The van der Waals surface area contributed by atoms with Crippen LogP contribution in [0.25, 0.3) is 0 Å². The van der Waals surface area contributed by atoms with Gasteiger partial charge in [-0.25, -0.2) is 4.79 Å². The molecule has 0 radical (unpaired) electrons. The second-order valence-corrected chi connectivity index (χ2v) is 5.90. The van der Waals surface area contributed by atoms with Crippen molar-refractivity contribution in [1.82, 2.24) is 20.8 Å². The van der Waals surface area contributed by atoms with E-state index in [9.17, 15) is 4.79 Å². The molecule has 0 fully saturated rings. The molecule has 2 aromatic rings. The van der Waals surface area contributed by atoms with Gasteiger partial charge in [0, 0.05) is 19.6 Å². The Labute approximate surface area is 141 Å². The van der Waals surface area contributed by atoms with Gasteiger partial charge < -0.3 is 20.3 Å². The van der Waals surface area contributed by atoms with Crippen molar-refractivity contribution in [2.75, 3.05) is 13.2 Å². The Kier molecular flexibility index (Phi) is 6.74. The average molecular weight is 332 g/mol. The number of aliphatic hydroxyl groups excluding tert-OH is 1. The van der Waals surface area contributed by atoms with Crippen LogP contribution in [-0.2, 0) is 6.42 Å². The molecule has 24 heavy (non-hydrogen) atoms. The third kappa shape index (κ3) is 5.66. The Bertz CT molecular complexity index is 630. The van der Waals surface area contributed by atoms with Crippen molar-refractivity contribution < 1.29 is 14.4 Å². The lowest BCUT2D eigenvalue weighted by Gasteiger charge is -2.14. The zero-order valence-electron chi connectivity index (χ0n) is 14.0. The van der Waals surface area contributed by atoms with Crippen LogP contribution in [0.4, 0.5) is 4.79 Å². The van der Waals surface area contributed by atoms with Crippen LogP contribution in [0, 0.1) is 5.92 Å². The summed E-state index contributed by atoms with van der Waals surface area (Å²) in [5.41, 5.74) is 1.10. The second kappa shape index (κ2) is 9.02. The molecule has 0 aliphatic rings. The summed E-state index contributed by atoms with van der Waals surface area (Å²) in [5, 5.41) is 18.3. The van der Waals surface area contributed by atoms with E-state index in [4.69, 9.17) is 9.63 Å². The van der Waals surface area contributed by atoms with Gasteiger partial charge in [0.05, 0.1) is 0 Å². The summed E-state index contributed by atoms with van der Waals surface area (Å²) >= 11 is 0. The number of hydrogen-bond donors (Lipinski definition) is 3. The number of hydrogen-bond acceptors (Lipinski definition) is 5. The van der Waals surface area contributed by atoms with Gasteiger partial charge in [-0.2, -0.15) is 4.98 Å². The van der Waals surface area contributed by atoms with Crippen molar-refractivity contribution in [2.24, 2.45) is 5.92 Å². The van der Waals surface area contributed by atoms with Gasteiger partial charge in [-0.15, -0.1) is 0 Å². The van der Waals surface area contributed by atoms with E-state index in [2.05, 4.69) is 20.8 Å². The Balaban J connectivity index is 1.82. The third-order valence-electron chi connectivity index (χ3n) is 3.64. The molecule has 0 spiro atoms. The topological polar surface area (TPSA) is 100 Å². The second-order valence-electron chi connectivity index (χ2n) is 5.90. The van der Waals surface area contributed by atoms with Gasteiger partial charge in [0.15, 0.2) is 5.82 Å². The summed E-state index contributed by atoms with van der Waals surface area (Å²) < 4.78 is 5.23. The zero-order valence-corrected chi connectivity index (χ0v) is 14.0. The molecule has 0 saturated heterocycles. The average Bonchev–Trinajstić information content (AvgIpc) is 3.03. The lowest BCUT2D eigenvalue weighted by Crippen LogP contribution is -2.39. The van der Waals surface area contributed by atoms with Gasteiger partial charge in [-0.3, -0.25) is 0 Å². The Morgan fingerprint density at radius 1 is 1.29 bits per heavy atom. The fourth-order valence-electron chi connectivity index (χ4n) is 2.19. The summed E-state index contributed by atoms with van der Waals surface area (Å²) in [5.74, 6) is 1.18. The molecule has 0 saturated carbocycles. The van der Waals surface area contributed by atoms with Gasteiger partial charge in [0.1, 0.15) is 6.04 Å². The zero-order chi connectivity index (χ0) is 17.4. The molecule has 2 rings (SSSR count). The number of nitrogens with zero attached hydrogens (tertiary/aromatic N) is 2. The molecule has 3 N–H and O–H groups in total. The van der Waals surface area contributed by atoms with E-state index < -0.39 is 0 Å². The normalized spacial score (nSPS) is 13.3. The summed E-state index contributed by atoms with van der Waals surface area (Å²) in [7, 11) is 0. The number of amides is 2. The largest absolute Gasteiger partial charge is 0.396 e. The maximum Gasteiger partial charge on any atom is 0.315 e. The molecule has 1 aromatic heterocycles. The molecule has 0 aliphatic heterocycles. The first-order chi connectivity index (χ1) is 11.6. The highest BCUT2D eigenvalue weighted by molar-refractivity contribution is 5.74. The van der Waals surface area contributed by atoms with E-state index in [0.29, 0.717) is 31.1 Å². The number of rotatable bonds is 8. The molecule has 130 valence electrons. The fraction of sp³-hybridized carbons (Fsp3) is 0.471. The fourth-order valence-corrected chi connectivity index (χ4v) is 2.19. The quantitative estimate of drug-likeness (QED) is 0.687. The van der Waals surface area contributed by atoms with E-state index in [1.54, 1.807) is 6.92 Å². The number of urea groups is 1. The Morgan fingerprint density at radius 3 is 2.75 bits per heavy atom. The maximum absolute atomic E-state index is 11.9. The number of aliphatic hydroxyl groups is 1. The summed E-state index contributed by atoms with van der Waals surface area (Å²) in [6.07, 6.45) is 1.24. The summed E-state index contributed by atoms with van der Waals surface area (Å²) in [6.45, 7) is 4.37. The van der Waals surface area contributed by atoms with Crippen LogP contribution in [0.5, 0.6) is 0 Å². The first-order valence-corrected chi connectivity index (χ1v) is 8.10. The number of nitrogens with one attached hydrogen (secondary N) is 2. The summed E-state index contributed by atoms with van der Waals surface area (Å²) in [6, 6.07) is 9.20. The van der Waals surface area contributed by atoms with E-state index in [-0.39, 0.29) is 24.6 Å². The van der Waals surface area contributed by atoms with Crippen LogP contribution >= 0.6 is 0 Å². The van der Waals surface area contributed by atoms with Crippen molar-refractivity contribution in [3.8, 4) is 0 Å². The lowest BCUT2D eigenvalue weighted by atomic mass is 10.1. The number of carbonyl (C=O) groups is 1. The molecular weight excluding hydrogens is 308 g/mol. The molecule has 1 heterocycles. The van der Waals surface area contributed by atoms with E-state index in [1.807, 2.05) is 37.3 Å². The minimum Gasteiger partial charge on any atom is -0.396 e. The van der Waals surface area contributed by atoms with Gasteiger partial charge in [-0.05, 0) is 24.8 Å². The van der Waals surface area contributed by atoms with Crippen LogP contribution in [0.1, 0.15) is 43.6 Å². The smallest absolute Gasteiger partial charge is 0.315 e. The minimum absolute atomic E-state index is 0.118. The van der Waals surface area contributed by atoms with Gasteiger partial charge in [0.2, 0.25) is 5.89 Å². The van der Waals surface area contributed by atoms with Crippen LogP contribution < -0.4 is 10.6 Å². The highest BCUT2D eigenvalue weighted by Crippen LogP contribution is 2.12. The number of carbonyl (C=O) groups excluding carboxylic acids is 1.